The number of rotatable bonds is 9. The second kappa shape index (κ2) is 11.4. The van der Waals surface area contributed by atoms with E-state index in [9.17, 15) is 14.4 Å². The van der Waals surface area contributed by atoms with Crippen LogP contribution in [0.3, 0.4) is 0 Å². The summed E-state index contributed by atoms with van der Waals surface area (Å²) in [6.07, 6.45) is 0. The summed E-state index contributed by atoms with van der Waals surface area (Å²) in [6, 6.07) is 9.55. The lowest BCUT2D eigenvalue weighted by molar-refractivity contribution is -0.113. The highest BCUT2D eigenvalue weighted by molar-refractivity contribution is 7.99. The highest BCUT2D eigenvalue weighted by atomic mass is 32.2. The van der Waals surface area contributed by atoms with Crippen LogP contribution in [0.2, 0.25) is 0 Å². The molecule has 1 N–H and O–H groups in total. The molecular formula is C23H24N4O7S. The summed E-state index contributed by atoms with van der Waals surface area (Å²) in [5, 5.41) is 11.6. The summed E-state index contributed by atoms with van der Waals surface area (Å²) >= 11 is 1.18. The summed E-state index contributed by atoms with van der Waals surface area (Å²) in [5.74, 6) is 0.0718. The van der Waals surface area contributed by atoms with Crippen molar-refractivity contribution in [1.82, 2.24) is 14.8 Å². The number of hydrogen-bond donors (Lipinski definition) is 1. The van der Waals surface area contributed by atoms with Crippen LogP contribution in [-0.2, 0) is 21.3 Å². The van der Waals surface area contributed by atoms with Gasteiger partial charge in [0, 0.05) is 18.3 Å². The third-order valence-electron chi connectivity index (χ3n) is 4.87. The van der Waals surface area contributed by atoms with Gasteiger partial charge in [-0.3, -0.25) is 4.79 Å². The molecule has 35 heavy (non-hydrogen) atoms. The Hall–Kier alpha value is -4.06. The molecule has 0 aliphatic carbocycles. The van der Waals surface area contributed by atoms with E-state index in [0.717, 1.165) is 5.56 Å². The lowest BCUT2D eigenvalue weighted by Gasteiger charge is -2.10. The number of hydrogen-bond acceptors (Lipinski definition) is 10. The number of nitrogens with one attached hydrogen (secondary N) is 1. The highest BCUT2D eigenvalue weighted by Crippen LogP contribution is 2.32. The van der Waals surface area contributed by atoms with Crippen LogP contribution >= 0.6 is 11.8 Å². The molecule has 0 radical (unpaired) electrons. The van der Waals surface area contributed by atoms with Crippen LogP contribution < -0.4 is 14.8 Å². The smallest absolute Gasteiger partial charge is 0.337 e. The van der Waals surface area contributed by atoms with Crippen LogP contribution in [0.4, 0.5) is 5.69 Å². The summed E-state index contributed by atoms with van der Waals surface area (Å²) in [4.78, 5) is 36.4. The summed E-state index contributed by atoms with van der Waals surface area (Å²) in [7, 11) is 7.34. The van der Waals surface area contributed by atoms with Gasteiger partial charge in [0.2, 0.25) is 5.91 Å². The Bertz CT molecular complexity index is 1220. The number of benzene rings is 2. The lowest BCUT2D eigenvalue weighted by atomic mass is 10.1. The molecule has 0 bridgehead atoms. The zero-order valence-electron chi connectivity index (χ0n) is 19.8. The van der Waals surface area contributed by atoms with E-state index in [1.165, 1.54) is 44.2 Å². The fourth-order valence-corrected chi connectivity index (χ4v) is 3.88. The van der Waals surface area contributed by atoms with E-state index in [0.29, 0.717) is 22.5 Å². The van der Waals surface area contributed by atoms with Gasteiger partial charge in [-0.2, -0.15) is 0 Å². The number of amides is 1. The molecule has 1 amide bonds. The Morgan fingerprint density at radius 2 is 1.51 bits per heavy atom. The number of carbonyl (C=O) groups is 3. The van der Waals surface area contributed by atoms with Crippen molar-refractivity contribution in [3.63, 3.8) is 0 Å². The third-order valence-corrected chi connectivity index (χ3v) is 5.89. The number of nitrogens with zero attached hydrogens (tertiary/aromatic N) is 3. The zero-order chi connectivity index (χ0) is 25.5. The minimum absolute atomic E-state index is 0.00785. The average molecular weight is 501 g/mol. The minimum Gasteiger partial charge on any atom is -0.493 e. The molecule has 1 aromatic heterocycles. The standard InChI is InChI=1S/C23H24N4O7S/c1-27-20(13-6-7-17(31-2)18(11-13)32-3)25-26-23(27)35-12-19(28)24-16-9-14(21(29)33-4)8-15(10-16)22(30)34-5/h6-11H,12H2,1-5H3,(H,24,28). The number of carbonyl (C=O) groups excluding carboxylic acids is 3. The van der Waals surface area contributed by atoms with Gasteiger partial charge >= 0.3 is 11.9 Å². The molecule has 0 unspecified atom stereocenters. The second-order valence-corrected chi connectivity index (χ2v) is 8.00. The molecule has 0 saturated carbocycles. The van der Waals surface area contributed by atoms with E-state index in [1.54, 1.807) is 38.0 Å². The van der Waals surface area contributed by atoms with Gasteiger partial charge in [-0.15, -0.1) is 10.2 Å². The first-order chi connectivity index (χ1) is 16.8. The van der Waals surface area contributed by atoms with E-state index >= 15 is 0 Å². The number of ether oxygens (including phenoxy) is 4. The lowest BCUT2D eigenvalue weighted by Crippen LogP contribution is -2.16. The van der Waals surface area contributed by atoms with Gasteiger partial charge in [0.1, 0.15) is 0 Å². The van der Waals surface area contributed by atoms with Crippen molar-refractivity contribution in [3.8, 4) is 22.9 Å². The molecular weight excluding hydrogens is 476 g/mol. The molecule has 0 saturated heterocycles. The highest BCUT2D eigenvalue weighted by Gasteiger charge is 2.17. The molecule has 0 fully saturated rings. The fourth-order valence-electron chi connectivity index (χ4n) is 3.17. The molecule has 0 aliphatic rings. The molecule has 2 aromatic carbocycles. The molecule has 184 valence electrons. The molecule has 1 heterocycles. The van der Waals surface area contributed by atoms with E-state index < -0.39 is 11.9 Å². The van der Waals surface area contributed by atoms with Crippen molar-refractivity contribution in [1.29, 1.82) is 0 Å². The van der Waals surface area contributed by atoms with Crippen molar-refractivity contribution in [2.75, 3.05) is 39.5 Å². The number of methoxy groups -OCH3 is 4. The monoisotopic (exact) mass is 500 g/mol. The van der Waals surface area contributed by atoms with Gasteiger partial charge < -0.3 is 28.8 Å². The topological polar surface area (TPSA) is 131 Å². The van der Waals surface area contributed by atoms with E-state index in [2.05, 4.69) is 15.5 Å². The predicted octanol–water partition coefficient (Wildman–Crippen LogP) is 2.80. The molecule has 3 aromatic rings. The minimum atomic E-state index is -0.651. The number of esters is 2. The first kappa shape index (κ1) is 25.6. The molecule has 11 nitrogen and oxygen atoms in total. The van der Waals surface area contributed by atoms with Crippen molar-refractivity contribution >= 4 is 35.3 Å². The quantitative estimate of drug-likeness (QED) is 0.346. The van der Waals surface area contributed by atoms with Crippen LogP contribution in [0.15, 0.2) is 41.6 Å². The summed E-state index contributed by atoms with van der Waals surface area (Å²) in [6.45, 7) is 0. The van der Waals surface area contributed by atoms with Crippen molar-refractivity contribution in [3.05, 3.63) is 47.5 Å². The van der Waals surface area contributed by atoms with Gasteiger partial charge in [-0.05, 0) is 36.4 Å². The van der Waals surface area contributed by atoms with Gasteiger partial charge in [0.15, 0.2) is 22.5 Å². The van der Waals surface area contributed by atoms with Crippen LogP contribution in [-0.4, -0.2) is 66.8 Å². The SMILES string of the molecule is COC(=O)c1cc(NC(=O)CSc2nnc(-c3ccc(OC)c(OC)c3)n2C)cc(C(=O)OC)c1. The largest absolute Gasteiger partial charge is 0.493 e. The Morgan fingerprint density at radius 3 is 2.09 bits per heavy atom. The fraction of sp³-hybridized carbons (Fsp3) is 0.261. The van der Waals surface area contributed by atoms with Crippen LogP contribution in [0, 0.1) is 0 Å². The van der Waals surface area contributed by atoms with E-state index in [4.69, 9.17) is 18.9 Å². The van der Waals surface area contributed by atoms with Crippen LogP contribution in [0.5, 0.6) is 11.5 Å². The maximum Gasteiger partial charge on any atom is 0.337 e. The summed E-state index contributed by atoms with van der Waals surface area (Å²) < 4.78 is 21.8. The van der Waals surface area contributed by atoms with Gasteiger partial charge in [-0.1, -0.05) is 11.8 Å². The van der Waals surface area contributed by atoms with Crippen LogP contribution in [0.25, 0.3) is 11.4 Å². The normalized spacial score (nSPS) is 10.4. The van der Waals surface area contributed by atoms with E-state index in [-0.39, 0.29) is 28.5 Å². The Morgan fingerprint density at radius 1 is 0.886 bits per heavy atom. The number of aromatic nitrogens is 3. The Labute approximate surface area is 205 Å². The average Bonchev–Trinajstić information content (AvgIpc) is 3.25. The predicted molar refractivity (Wildman–Crippen MR) is 128 cm³/mol. The Balaban J connectivity index is 1.73. The zero-order valence-corrected chi connectivity index (χ0v) is 20.6. The van der Waals surface area contributed by atoms with E-state index in [1.807, 2.05) is 6.07 Å². The van der Waals surface area contributed by atoms with Gasteiger partial charge in [0.25, 0.3) is 0 Å². The first-order valence-corrected chi connectivity index (χ1v) is 11.2. The van der Waals surface area contributed by atoms with Crippen LogP contribution in [0.1, 0.15) is 20.7 Å². The van der Waals surface area contributed by atoms with Crippen molar-refractivity contribution in [2.45, 2.75) is 5.16 Å². The second-order valence-electron chi connectivity index (χ2n) is 7.05. The van der Waals surface area contributed by atoms with Gasteiger partial charge in [0.05, 0.1) is 45.3 Å². The Kier molecular flexibility index (Phi) is 8.31. The number of thioether (sulfide) groups is 1. The van der Waals surface area contributed by atoms with Gasteiger partial charge in [-0.25, -0.2) is 9.59 Å². The molecule has 12 heteroatoms. The maximum absolute atomic E-state index is 12.6. The molecule has 3 rings (SSSR count). The molecule has 0 aliphatic heterocycles. The maximum atomic E-state index is 12.6. The number of anilines is 1. The molecule has 0 spiro atoms. The van der Waals surface area contributed by atoms with Crippen molar-refractivity contribution < 1.29 is 33.3 Å². The summed E-state index contributed by atoms with van der Waals surface area (Å²) in [5.41, 5.74) is 1.23. The third kappa shape index (κ3) is 5.90. The first-order valence-electron chi connectivity index (χ1n) is 10.2. The van der Waals surface area contributed by atoms with Crippen molar-refractivity contribution in [2.24, 2.45) is 7.05 Å². The molecule has 0 atom stereocenters.